The summed E-state index contributed by atoms with van der Waals surface area (Å²) in [4.78, 5) is 50.3. The summed E-state index contributed by atoms with van der Waals surface area (Å²) in [5.74, 6) is -1.80. The van der Waals surface area contributed by atoms with Gasteiger partial charge in [0.15, 0.2) is 0 Å². The van der Waals surface area contributed by atoms with Crippen LogP contribution < -0.4 is 5.32 Å². The predicted molar refractivity (Wildman–Crippen MR) is 84.2 cm³/mol. The number of carbonyl (C=O) groups is 4. The average Bonchev–Trinajstić information content (AvgIpc) is 3.05. The van der Waals surface area contributed by atoms with Crippen LogP contribution in [0.15, 0.2) is 12.1 Å². The molecule has 3 amide bonds. The van der Waals surface area contributed by atoms with E-state index in [1.54, 1.807) is 0 Å². The van der Waals surface area contributed by atoms with Gasteiger partial charge in [-0.1, -0.05) is 6.07 Å². The van der Waals surface area contributed by atoms with Crippen molar-refractivity contribution < 1.29 is 24.3 Å². The van der Waals surface area contributed by atoms with Crippen molar-refractivity contribution in [3.63, 3.8) is 0 Å². The smallest absolute Gasteiger partial charge is 0.317 e. The first-order valence-electron chi connectivity index (χ1n) is 8.16. The summed E-state index contributed by atoms with van der Waals surface area (Å²) in [5, 5.41) is 11.2. The summed E-state index contributed by atoms with van der Waals surface area (Å²) in [6.45, 7) is 1.35. The Morgan fingerprint density at radius 3 is 2.52 bits per heavy atom. The number of piperidine rings is 1. The summed E-state index contributed by atoms with van der Waals surface area (Å²) in [5.41, 5.74) is 3.41. The Kier molecular flexibility index (Phi) is 3.57. The number of nitrogens with zero attached hydrogens (tertiary/aromatic N) is 2. The van der Waals surface area contributed by atoms with Gasteiger partial charge in [0.1, 0.15) is 6.04 Å². The van der Waals surface area contributed by atoms with Gasteiger partial charge in [-0.15, -0.1) is 0 Å². The molecule has 2 N–H and O–H groups in total. The maximum atomic E-state index is 12.7. The van der Waals surface area contributed by atoms with E-state index < -0.39 is 17.9 Å². The zero-order valence-corrected chi connectivity index (χ0v) is 13.4. The highest BCUT2D eigenvalue weighted by molar-refractivity contribution is 6.05. The van der Waals surface area contributed by atoms with Crippen molar-refractivity contribution in [2.45, 2.75) is 38.5 Å². The Labute approximate surface area is 143 Å². The first kappa shape index (κ1) is 15.8. The summed E-state index contributed by atoms with van der Waals surface area (Å²) in [6, 6.07) is 3.15. The maximum Gasteiger partial charge on any atom is 0.317 e. The van der Waals surface area contributed by atoms with E-state index in [1.165, 1.54) is 4.90 Å². The lowest BCUT2D eigenvalue weighted by atomic mass is 10.0. The van der Waals surface area contributed by atoms with Gasteiger partial charge in [0.05, 0.1) is 6.54 Å². The molecule has 0 aromatic heterocycles. The molecular weight excluding hydrogens is 326 g/mol. The molecule has 8 nitrogen and oxygen atoms in total. The fraction of sp³-hybridized carbons (Fsp3) is 0.412. The number of fused-ring (bicyclic) bond motifs is 2. The standard InChI is InChI=1S/C17H17N3O5/c21-14-2-1-13(16(24)18-14)20-7-11-3-9-5-19(8-15(22)23)6-10(9)4-12(11)17(20)25/h3-4,13H,1-2,5-8H2,(H,22,23)(H,18,21,24). The van der Waals surface area contributed by atoms with Gasteiger partial charge >= 0.3 is 5.97 Å². The van der Waals surface area contributed by atoms with Gasteiger partial charge in [0, 0.05) is 31.6 Å². The van der Waals surface area contributed by atoms with Gasteiger partial charge < -0.3 is 10.0 Å². The molecule has 1 fully saturated rings. The highest BCUT2D eigenvalue weighted by atomic mass is 16.4. The lowest BCUT2D eigenvalue weighted by Crippen LogP contribution is -2.52. The molecule has 1 saturated heterocycles. The summed E-state index contributed by atoms with van der Waals surface area (Å²) >= 11 is 0. The van der Waals surface area contributed by atoms with Crippen molar-refractivity contribution in [1.82, 2.24) is 15.1 Å². The number of rotatable bonds is 3. The second-order valence-corrected chi connectivity index (χ2v) is 6.72. The maximum absolute atomic E-state index is 12.7. The lowest BCUT2D eigenvalue weighted by Gasteiger charge is -2.29. The molecule has 1 unspecified atom stereocenters. The first-order chi connectivity index (χ1) is 11.9. The molecule has 4 rings (SSSR count). The van der Waals surface area contributed by atoms with Gasteiger partial charge in [0.25, 0.3) is 5.91 Å². The van der Waals surface area contributed by atoms with Crippen LogP contribution in [0.4, 0.5) is 0 Å². The van der Waals surface area contributed by atoms with Crippen molar-refractivity contribution in [2.24, 2.45) is 0 Å². The van der Waals surface area contributed by atoms with Crippen LogP contribution in [0.5, 0.6) is 0 Å². The van der Waals surface area contributed by atoms with E-state index in [-0.39, 0.29) is 24.8 Å². The van der Waals surface area contributed by atoms with Crippen LogP contribution in [0.25, 0.3) is 0 Å². The molecule has 3 aliphatic rings. The predicted octanol–water partition coefficient (Wildman–Crippen LogP) is -0.152. The molecule has 8 heteroatoms. The number of hydrogen-bond donors (Lipinski definition) is 2. The molecule has 0 saturated carbocycles. The summed E-state index contributed by atoms with van der Waals surface area (Å²) in [7, 11) is 0. The third-order valence-electron chi connectivity index (χ3n) is 4.99. The number of carbonyl (C=O) groups excluding carboxylic acids is 3. The second kappa shape index (κ2) is 5.66. The number of carboxylic acids is 1. The van der Waals surface area contributed by atoms with Crippen LogP contribution in [0, 0.1) is 0 Å². The minimum absolute atomic E-state index is 0.0321. The molecule has 0 bridgehead atoms. The minimum atomic E-state index is -0.875. The summed E-state index contributed by atoms with van der Waals surface area (Å²) in [6.07, 6.45) is 0.577. The Morgan fingerprint density at radius 2 is 1.84 bits per heavy atom. The third kappa shape index (κ3) is 2.68. The Bertz CT molecular complexity index is 819. The van der Waals surface area contributed by atoms with Gasteiger partial charge in [-0.25, -0.2) is 0 Å². The van der Waals surface area contributed by atoms with Gasteiger partial charge in [-0.05, 0) is 29.2 Å². The first-order valence-corrected chi connectivity index (χ1v) is 8.16. The number of benzene rings is 1. The highest BCUT2D eigenvalue weighted by Crippen LogP contribution is 2.33. The molecule has 1 atom stereocenters. The molecule has 1 aromatic carbocycles. The number of nitrogens with one attached hydrogen (secondary N) is 1. The summed E-state index contributed by atoms with van der Waals surface area (Å²) < 4.78 is 0. The average molecular weight is 343 g/mol. The largest absolute Gasteiger partial charge is 0.480 e. The Balaban J connectivity index is 1.55. The van der Waals surface area contributed by atoms with E-state index in [0.29, 0.717) is 31.6 Å². The fourth-order valence-electron chi connectivity index (χ4n) is 3.85. The number of carboxylic acid groups (broad SMARTS) is 1. The second-order valence-electron chi connectivity index (χ2n) is 6.72. The molecule has 25 heavy (non-hydrogen) atoms. The lowest BCUT2D eigenvalue weighted by molar-refractivity contribution is -0.139. The molecular formula is C17H17N3O5. The van der Waals surface area contributed by atoms with Crippen LogP contribution in [0.1, 0.15) is 39.9 Å². The number of hydrogen-bond acceptors (Lipinski definition) is 5. The Morgan fingerprint density at radius 1 is 1.12 bits per heavy atom. The number of imide groups is 1. The number of aliphatic carboxylic acids is 1. The van der Waals surface area contributed by atoms with E-state index in [1.807, 2.05) is 17.0 Å². The van der Waals surface area contributed by atoms with E-state index >= 15 is 0 Å². The van der Waals surface area contributed by atoms with Gasteiger partial charge in [-0.3, -0.25) is 29.4 Å². The van der Waals surface area contributed by atoms with E-state index in [2.05, 4.69) is 5.32 Å². The molecule has 0 aliphatic carbocycles. The zero-order valence-electron chi connectivity index (χ0n) is 13.4. The van der Waals surface area contributed by atoms with Crippen molar-refractivity contribution in [3.05, 3.63) is 34.4 Å². The molecule has 130 valence electrons. The van der Waals surface area contributed by atoms with Crippen molar-refractivity contribution in [1.29, 1.82) is 0 Å². The monoisotopic (exact) mass is 343 g/mol. The molecule has 0 radical (unpaired) electrons. The van der Waals surface area contributed by atoms with Crippen LogP contribution in [0.3, 0.4) is 0 Å². The third-order valence-corrected chi connectivity index (χ3v) is 4.99. The SMILES string of the molecule is O=C(O)CN1Cc2cc3c(cc2C1)C(=O)N(C1CCC(=O)NC1=O)C3. The molecule has 3 aliphatic heterocycles. The quantitative estimate of drug-likeness (QED) is 0.739. The molecule has 1 aromatic rings. The van der Waals surface area contributed by atoms with E-state index in [0.717, 1.165) is 16.7 Å². The van der Waals surface area contributed by atoms with E-state index in [9.17, 15) is 19.2 Å². The molecule has 0 spiro atoms. The highest BCUT2D eigenvalue weighted by Gasteiger charge is 2.40. The normalized spacial score (nSPS) is 22.8. The number of amides is 3. The van der Waals surface area contributed by atoms with E-state index in [4.69, 9.17) is 5.11 Å². The zero-order chi connectivity index (χ0) is 17.7. The van der Waals surface area contributed by atoms with Gasteiger partial charge in [0.2, 0.25) is 11.8 Å². The Hall–Kier alpha value is -2.74. The van der Waals surface area contributed by atoms with Gasteiger partial charge in [-0.2, -0.15) is 0 Å². The topological polar surface area (TPSA) is 107 Å². The van der Waals surface area contributed by atoms with Crippen LogP contribution >= 0.6 is 0 Å². The van der Waals surface area contributed by atoms with Crippen LogP contribution in [-0.2, 0) is 34.0 Å². The van der Waals surface area contributed by atoms with Crippen LogP contribution in [-0.4, -0.2) is 51.2 Å². The van der Waals surface area contributed by atoms with Crippen LogP contribution in [0.2, 0.25) is 0 Å². The fourth-order valence-corrected chi connectivity index (χ4v) is 3.85. The van der Waals surface area contributed by atoms with Crippen molar-refractivity contribution in [2.75, 3.05) is 6.54 Å². The molecule has 3 heterocycles. The van der Waals surface area contributed by atoms with Crippen molar-refractivity contribution >= 4 is 23.7 Å². The van der Waals surface area contributed by atoms with Crippen molar-refractivity contribution in [3.8, 4) is 0 Å². The minimum Gasteiger partial charge on any atom is -0.480 e.